The number of amides is 3. The summed E-state index contributed by atoms with van der Waals surface area (Å²) in [7, 11) is 0. The van der Waals surface area contributed by atoms with E-state index in [0.717, 1.165) is 43.5 Å². The third-order valence-electron chi connectivity index (χ3n) is 5.63. The van der Waals surface area contributed by atoms with Crippen LogP contribution < -0.4 is 5.32 Å². The molecule has 0 saturated carbocycles. The maximum Gasteiger partial charge on any atom is 0.272 e. The number of benzene rings is 1. The molecule has 3 amide bonds. The molecule has 8 nitrogen and oxygen atoms in total. The number of fused-ring (bicyclic) bond motifs is 1. The lowest BCUT2D eigenvalue weighted by Gasteiger charge is -2.20. The fourth-order valence-electron chi connectivity index (χ4n) is 4.05. The number of carbonyl (C=O) groups is 3. The maximum atomic E-state index is 13.1. The number of aromatic nitrogens is 2. The summed E-state index contributed by atoms with van der Waals surface area (Å²) in [5.41, 5.74) is 2.82. The first-order chi connectivity index (χ1) is 14.5. The largest absolute Gasteiger partial charge is 0.342 e. The summed E-state index contributed by atoms with van der Waals surface area (Å²) in [6.45, 7) is 5.22. The minimum absolute atomic E-state index is 0.0472. The number of aryl methyl sites for hydroxylation is 2. The first kappa shape index (κ1) is 20.1. The number of nitrogens with zero attached hydrogens (tertiary/aromatic N) is 4. The van der Waals surface area contributed by atoms with E-state index in [1.165, 1.54) is 6.07 Å². The molecule has 4 rings (SSSR count). The van der Waals surface area contributed by atoms with Crippen molar-refractivity contribution in [2.24, 2.45) is 0 Å². The quantitative estimate of drug-likeness (QED) is 0.812. The predicted octanol–water partition coefficient (Wildman–Crippen LogP) is 1.59. The van der Waals surface area contributed by atoms with Gasteiger partial charge in [-0.25, -0.2) is 0 Å². The molecule has 0 atom stereocenters. The Bertz CT molecular complexity index is 961. The van der Waals surface area contributed by atoms with Crippen LogP contribution in [-0.2, 0) is 17.9 Å². The Labute approximate surface area is 175 Å². The van der Waals surface area contributed by atoms with Gasteiger partial charge in [0, 0.05) is 38.8 Å². The van der Waals surface area contributed by atoms with Gasteiger partial charge in [0.25, 0.3) is 11.8 Å². The Hall–Kier alpha value is -3.16. The molecule has 2 aliphatic heterocycles. The van der Waals surface area contributed by atoms with Crippen LogP contribution in [0.5, 0.6) is 0 Å². The van der Waals surface area contributed by atoms with Crippen LogP contribution in [0.15, 0.2) is 30.3 Å². The third-order valence-corrected chi connectivity index (χ3v) is 5.63. The Morgan fingerprint density at radius 1 is 1.07 bits per heavy atom. The molecule has 3 heterocycles. The highest BCUT2D eigenvalue weighted by atomic mass is 16.2. The second kappa shape index (κ2) is 8.69. The number of likely N-dealkylation sites (tertiary alicyclic amines) is 1. The summed E-state index contributed by atoms with van der Waals surface area (Å²) < 4.78 is 1.61. The molecule has 0 radical (unpaired) electrons. The van der Waals surface area contributed by atoms with Crippen molar-refractivity contribution in [3.8, 4) is 0 Å². The fraction of sp³-hybridized carbons (Fsp3) is 0.455. The van der Waals surface area contributed by atoms with Crippen molar-refractivity contribution in [3.05, 3.63) is 52.8 Å². The number of rotatable bonds is 5. The molecular weight excluding hydrogens is 382 g/mol. The van der Waals surface area contributed by atoms with Gasteiger partial charge in [0.05, 0.1) is 6.54 Å². The van der Waals surface area contributed by atoms with E-state index >= 15 is 0 Å². The van der Waals surface area contributed by atoms with Gasteiger partial charge in [0.1, 0.15) is 5.69 Å². The van der Waals surface area contributed by atoms with E-state index in [4.69, 9.17) is 0 Å². The molecule has 0 bridgehead atoms. The van der Waals surface area contributed by atoms with Gasteiger partial charge in [-0.3, -0.25) is 19.1 Å². The number of nitrogens with one attached hydrogen (secondary N) is 1. The number of carbonyl (C=O) groups excluding carboxylic acids is 3. The predicted molar refractivity (Wildman–Crippen MR) is 111 cm³/mol. The molecule has 2 aromatic rings. The smallest absolute Gasteiger partial charge is 0.272 e. The van der Waals surface area contributed by atoms with E-state index in [2.05, 4.69) is 16.5 Å². The highest BCUT2D eigenvalue weighted by Crippen LogP contribution is 2.17. The summed E-state index contributed by atoms with van der Waals surface area (Å²) in [6, 6.07) is 9.64. The molecule has 0 spiro atoms. The number of hydrogen-bond donors (Lipinski definition) is 1. The van der Waals surface area contributed by atoms with Crippen LogP contribution in [0.3, 0.4) is 0 Å². The Morgan fingerprint density at radius 2 is 1.87 bits per heavy atom. The molecule has 2 aliphatic rings. The van der Waals surface area contributed by atoms with Crippen molar-refractivity contribution >= 4 is 17.7 Å². The van der Waals surface area contributed by atoms with Crippen LogP contribution >= 0.6 is 0 Å². The molecule has 8 heteroatoms. The summed E-state index contributed by atoms with van der Waals surface area (Å²) >= 11 is 0. The lowest BCUT2D eigenvalue weighted by Crippen LogP contribution is -2.38. The van der Waals surface area contributed by atoms with E-state index in [-0.39, 0.29) is 24.1 Å². The molecule has 158 valence electrons. The van der Waals surface area contributed by atoms with Crippen molar-refractivity contribution < 1.29 is 14.4 Å². The van der Waals surface area contributed by atoms with Gasteiger partial charge in [-0.1, -0.05) is 29.8 Å². The van der Waals surface area contributed by atoms with Gasteiger partial charge in [-0.05, 0) is 31.7 Å². The SMILES string of the molecule is Cc1cccc(CN2CCCn3nc(C(=O)NCC(=O)N4CCCC4)cc3C2=O)c1. The van der Waals surface area contributed by atoms with Gasteiger partial charge < -0.3 is 15.1 Å². The van der Waals surface area contributed by atoms with E-state index < -0.39 is 5.91 Å². The van der Waals surface area contributed by atoms with Gasteiger partial charge in [-0.2, -0.15) is 5.10 Å². The second-order valence-corrected chi connectivity index (χ2v) is 7.98. The van der Waals surface area contributed by atoms with Crippen molar-refractivity contribution in [3.63, 3.8) is 0 Å². The lowest BCUT2D eigenvalue weighted by molar-refractivity contribution is -0.129. The fourth-order valence-corrected chi connectivity index (χ4v) is 4.05. The van der Waals surface area contributed by atoms with Crippen molar-refractivity contribution in [1.29, 1.82) is 0 Å². The molecule has 1 fully saturated rings. The Balaban J connectivity index is 1.43. The minimum Gasteiger partial charge on any atom is -0.342 e. The lowest BCUT2D eigenvalue weighted by atomic mass is 10.1. The topological polar surface area (TPSA) is 87.5 Å². The zero-order valence-electron chi connectivity index (χ0n) is 17.3. The van der Waals surface area contributed by atoms with Crippen LogP contribution in [-0.4, -0.2) is 63.5 Å². The first-order valence-electron chi connectivity index (χ1n) is 10.5. The Kier molecular flexibility index (Phi) is 5.83. The molecule has 1 aromatic heterocycles. The van der Waals surface area contributed by atoms with Crippen molar-refractivity contribution in [1.82, 2.24) is 24.9 Å². The molecular formula is C22H27N5O3. The maximum absolute atomic E-state index is 13.1. The van der Waals surface area contributed by atoms with E-state index in [1.807, 2.05) is 25.1 Å². The van der Waals surface area contributed by atoms with E-state index in [0.29, 0.717) is 25.3 Å². The molecule has 0 aliphatic carbocycles. The van der Waals surface area contributed by atoms with Gasteiger partial charge in [-0.15, -0.1) is 0 Å². The first-order valence-corrected chi connectivity index (χ1v) is 10.5. The molecule has 1 N–H and O–H groups in total. The van der Waals surface area contributed by atoms with E-state index in [9.17, 15) is 14.4 Å². The minimum atomic E-state index is -0.429. The van der Waals surface area contributed by atoms with Crippen molar-refractivity contribution in [2.45, 2.75) is 39.3 Å². The number of hydrogen-bond acceptors (Lipinski definition) is 4. The molecule has 1 saturated heterocycles. The normalized spacial score (nSPS) is 16.4. The Morgan fingerprint density at radius 3 is 2.63 bits per heavy atom. The molecule has 0 unspecified atom stereocenters. The van der Waals surface area contributed by atoms with Gasteiger partial charge >= 0.3 is 0 Å². The summed E-state index contributed by atoms with van der Waals surface area (Å²) in [5.74, 6) is -0.642. The standard InChI is InChI=1S/C22H27N5O3/c1-16-6-4-7-17(12-16)15-26-10-5-11-27-19(22(26)30)13-18(24-27)21(29)23-14-20(28)25-8-2-3-9-25/h4,6-7,12-13H,2-3,5,8-11,14-15H2,1H3,(H,23,29). The summed E-state index contributed by atoms with van der Waals surface area (Å²) in [4.78, 5) is 41.3. The monoisotopic (exact) mass is 409 g/mol. The molecule has 1 aromatic carbocycles. The average Bonchev–Trinajstić information content (AvgIpc) is 3.38. The molecule has 30 heavy (non-hydrogen) atoms. The highest BCUT2D eigenvalue weighted by Gasteiger charge is 2.27. The van der Waals surface area contributed by atoms with Crippen LogP contribution in [0.25, 0.3) is 0 Å². The second-order valence-electron chi connectivity index (χ2n) is 7.98. The van der Waals surface area contributed by atoms with Crippen LogP contribution in [0.2, 0.25) is 0 Å². The van der Waals surface area contributed by atoms with Gasteiger partial charge in [0.2, 0.25) is 5.91 Å². The zero-order chi connectivity index (χ0) is 21.1. The van der Waals surface area contributed by atoms with E-state index in [1.54, 1.807) is 14.5 Å². The van der Waals surface area contributed by atoms with Crippen LogP contribution in [0, 0.1) is 6.92 Å². The van der Waals surface area contributed by atoms with Crippen LogP contribution in [0.1, 0.15) is 51.4 Å². The highest BCUT2D eigenvalue weighted by molar-refractivity contribution is 5.99. The summed E-state index contributed by atoms with van der Waals surface area (Å²) in [5, 5.41) is 6.97. The van der Waals surface area contributed by atoms with Crippen molar-refractivity contribution in [2.75, 3.05) is 26.2 Å². The third kappa shape index (κ3) is 4.37. The average molecular weight is 409 g/mol. The summed E-state index contributed by atoms with van der Waals surface area (Å²) in [6.07, 6.45) is 2.78. The van der Waals surface area contributed by atoms with Gasteiger partial charge in [0.15, 0.2) is 5.69 Å². The van der Waals surface area contributed by atoms with Crippen LogP contribution in [0.4, 0.5) is 0 Å². The zero-order valence-corrected chi connectivity index (χ0v) is 17.3.